The summed E-state index contributed by atoms with van der Waals surface area (Å²) in [6.07, 6.45) is 2.80. The molecule has 0 atom stereocenters. The molecule has 2 aliphatic heterocycles. The van der Waals surface area contributed by atoms with E-state index in [4.69, 9.17) is 16.3 Å². The van der Waals surface area contributed by atoms with Crippen molar-refractivity contribution in [3.8, 4) is 5.69 Å². The molecule has 0 radical (unpaired) electrons. The van der Waals surface area contributed by atoms with Crippen LogP contribution in [0.15, 0.2) is 60.8 Å². The smallest absolute Gasteiger partial charge is 0.410 e. The number of carbonyl (C=O) groups excluding carboxylic acids is 2. The Labute approximate surface area is 235 Å². The van der Waals surface area contributed by atoms with Crippen molar-refractivity contribution in [2.24, 2.45) is 0 Å². The van der Waals surface area contributed by atoms with Gasteiger partial charge in [0.1, 0.15) is 5.60 Å². The Morgan fingerprint density at radius 3 is 2.15 bits per heavy atom. The Morgan fingerprint density at radius 2 is 1.51 bits per heavy atom. The van der Waals surface area contributed by atoms with E-state index >= 15 is 0 Å². The van der Waals surface area contributed by atoms with E-state index in [9.17, 15) is 9.59 Å². The average Bonchev–Trinajstić information content (AvgIpc) is 3.37. The third-order valence-corrected chi connectivity index (χ3v) is 7.66. The number of hydrogen-bond acceptors (Lipinski definition) is 5. The number of rotatable bonds is 4. The number of likely N-dealkylation sites (tertiary alicyclic amines) is 1. The molecule has 9 heteroatoms. The van der Waals surface area contributed by atoms with E-state index in [0.29, 0.717) is 49.6 Å². The molecule has 2 fully saturated rings. The van der Waals surface area contributed by atoms with E-state index in [1.807, 2.05) is 72.8 Å². The van der Waals surface area contributed by atoms with Gasteiger partial charge in [0.2, 0.25) is 0 Å². The Morgan fingerprint density at radius 1 is 0.872 bits per heavy atom. The van der Waals surface area contributed by atoms with Crippen LogP contribution in [0.5, 0.6) is 0 Å². The van der Waals surface area contributed by atoms with Gasteiger partial charge in [-0.2, -0.15) is 5.10 Å². The number of hydrogen-bond donors (Lipinski definition) is 0. The van der Waals surface area contributed by atoms with Gasteiger partial charge in [0.05, 0.1) is 28.2 Å². The molecule has 3 heterocycles. The number of carbonyl (C=O) groups is 2. The Hall–Kier alpha value is -3.52. The van der Waals surface area contributed by atoms with Gasteiger partial charge in [-0.15, -0.1) is 0 Å². The molecule has 39 heavy (non-hydrogen) atoms. The van der Waals surface area contributed by atoms with E-state index in [2.05, 4.69) is 22.1 Å². The van der Waals surface area contributed by atoms with Gasteiger partial charge < -0.3 is 19.4 Å². The molecule has 3 aromatic rings. The fraction of sp³-hybridized carbons (Fsp3) is 0.433. The molecule has 206 valence electrons. The predicted molar refractivity (Wildman–Crippen MR) is 153 cm³/mol. The molecule has 8 nitrogen and oxygen atoms in total. The number of piperidine rings is 1. The normalized spacial score (nSPS) is 16.9. The van der Waals surface area contributed by atoms with E-state index in [0.717, 1.165) is 24.5 Å². The van der Waals surface area contributed by atoms with Crippen LogP contribution in [0, 0.1) is 0 Å². The van der Waals surface area contributed by atoms with Crippen LogP contribution in [0.3, 0.4) is 0 Å². The molecule has 0 bridgehead atoms. The third-order valence-electron chi connectivity index (χ3n) is 7.34. The lowest BCUT2D eigenvalue weighted by Crippen LogP contribution is -2.49. The zero-order valence-corrected chi connectivity index (χ0v) is 23.6. The van der Waals surface area contributed by atoms with Crippen molar-refractivity contribution in [3.63, 3.8) is 0 Å². The maximum atomic E-state index is 13.9. The molecular formula is C30H36ClN5O3. The van der Waals surface area contributed by atoms with Gasteiger partial charge in [0.15, 0.2) is 0 Å². The number of benzene rings is 2. The van der Waals surface area contributed by atoms with Gasteiger partial charge in [-0.3, -0.25) is 4.79 Å². The first kappa shape index (κ1) is 27.1. The highest BCUT2D eigenvalue weighted by Gasteiger charge is 2.34. The molecule has 0 unspecified atom stereocenters. The number of nitrogens with zero attached hydrogens (tertiary/aromatic N) is 5. The number of anilines is 1. The van der Waals surface area contributed by atoms with Gasteiger partial charge in [-0.05, 0) is 57.9 Å². The van der Waals surface area contributed by atoms with Crippen LogP contribution >= 0.6 is 11.6 Å². The summed E-state index contributed by atoms with van der Waals surface area (Å²) in [6, 6.07) is 17.8. The largest absolute Gasteiger partial charge is 0.444 e. The number of piperazine rings is 1. The quantitative estimate of drug-likeness (QED) is 0.423. The Balaban J connectivity index is 1.37. The van der Waals surface area contributed by atoms with Gasteiger partial charge >= 0.3 is 6.09 Å². The number of halogens is 1. The molecule has 2 amide bonds. The van der Waals surface area contributed by atoms with E-state index in [1.165, 1.54) is 5.69 Å². The number of ether oxygens (including phenoxy) is 1. The van der Waals surface area contributed by atoms with Crippen molar-refractivity contribution in [1.29, 1.82) is 0 Å². The minimum absolute atomic E-state index is 0.00872. The van der Waals surface area contributed by atoms with Crippen LogP contribution < -0.4 is 4.90 Å². The van der Waals surface area contributed by atoms with Crippen LogP contribution in [0.2, 0.25) is 5.02 Å². The zero-order chi connectivity index (χ0) is 27.6. The molecule has 1 aromatic heterocycles. The maximum Gasteiger partial charge on any atom is 0.410 e. The van der Waals surface area contributed by atoms with Crippen molar-refractivity contribution in [1.82, 2.24) is 19.6 Å². The summed E-state index contributed by atoms with van der Waals surface area (Å²) in [4.78, 5) is 32.5. The zero-order valence-electron chi connectivity index (χ0n) is 22.8. The van der Waals surface area contributed by atoms with Crippen LogP contribution in [0.4, 0.5) is 10.5 Å². The van der Waals surface area contributed by atoms with Crippen molar-refractivity contribution < 1.29 is 14.3 Å². The Kier molecular flexibility index (Phi) is 7.84. The van der Waals surface area contributed by atoms with Gasteiger partial charge in [0.25, 0.3) is 5.91 Å². The molecule has 2 saturated heterocycles. The number of amides is 2. The second-order valence-corrected chi connectivity index (χ2v) is 11.6. The summed E-state index contributed by atoms with van der Waals surface area (Å²) in [6.45, 7) is 9.55. The van der Waals surface area contributed by atoms with Crippen LogP contribution in [0.25, 0.3) is 5.69 Å². The number of aromatic nitrogens is 2. The molecule has 0 aliphatic carbocycles. The molecule has 2 aromatic carbocycles. The van der Waals surface area contributed by atoms with Crippen molar-refractivity contribution >= 4 is 29.3 Å². The van der Waals surface area contributed by atoms with Gasteiger partial charge in [0, 0.05) is 50.9 Å². The highest BCUT2D eigenvalue weighted by Crippen LogP contribution is 2.35. The summed E-state index contributed by atoms with van der Waals surface area (Å²) in [7, 11) is 0. The molecule has 0 N–H and O–H groups in total. The molecule has 5 rings (SSSR count). The highest BCUT2D eigenvalue weighted by atomic mass is 35.5. The lowest BCUT2D eigenvalue weighted by atomic mass is 9.90. The topological polar surface area (TPSA) is 70.9 Å². The minimum Gasteiger partial charge on any atom is -0.444 e. The fourth-order valence-corrected chi connectivity index (χ4v) is 5.59. The lowest BCUT2D eigenvalue weighted by molar-refractivity contribution is 0.0203. The number of para-hydroxylation sites is 2. The maximum absolute atomic E-state index is 13.9. The SMILES string of the molecule is CC(C)(C)OC(=O)N1CCC(c2c(C(=O)N3CCN(c4ccccc4)CC3)cnn2-c2ccccc2Cl)CC1. The van der Waals surface area contributed by atoms with Crippen LogP contribution in [-0.2, 0) is 4.74 Å². The summed E-state index contributed by atoms with van der Waals surface area (Å²) in [5, 5.41) is 5.25. The van der Waals surface area contributed by atoms with Crippen LogP contribution in [-0.4, -0.2) is 76.5 Å². The van der Waals surface area contributed by atoms with Crippen molar-refractivity contribution in [3.05, 3.63) is 77.1 Å². The third kappa shape index (κ3) is 6.06. The fourth-order valence-electron chi connectivity index (χ4n) is 5.37. The van der Waals surface area contributed by atoms with Crippen LogP contribution in [0.1, 0.15) is 55.6 Å². The lowest BCUT2D eigenvalue weighted by Gasteiger charge is -2.37. The summed E-state index contributed by atoms with van der Waals surface area (Å²) in [5.41, 5.74) is 2.85. The summed E-state index contributed by atoms with van der Waals surface area (Å²) >= 11 is 6.58. The monoisotopic (exact) mass is 549 g/mol. The van der Waals surface area contributed by atoms with Crippen molar-refractivity contribution in [2.75, 3.05) is 44.2 Å². The van der Waals surface area contributed by atoms with Gasteiger partial charge in [-0.1, -0.05) is 41.9 Å². The van der Waals surface area contributed by atoms with E-state index < -0.39 is 5.60 Å². The molecule has 0 saturated carbocycles. The first-order chi connectivity index (χ1) is 18.7. The molecular weight excluding hydrogens is 514 g/mol. The summed E-state index contributed by atoms with van der Waals surface area (Å²) in [5.74, 6) is 0.0394. The predicted octanol–water partition coefficient (Wildman–Crippen LogP) is 5.60. The van der Waals surface area contributed by atoms with E-state index in [-0.39, 0.29) is 17.9 Å². The first-order valence-electron chi connectivity index (χ1n) is 13.6. The second-order valence-electron chi connectivity index (χ2n) is 11.2. The highest BCUT2D eigenvalue weighted by molar-refractivity contribution is 6.32. The second kappa shape index (κ2) is 11.3. The standard InChI is InChI=1S/C30H36ClN5O3/c1-30(2,3)39-29(38)35-15-13-22(14-16-35)27-24(21-32-36(27)26-12-8-7-11-25(26)31)28(37)34-19-17-33(18-20-34)23-9-5-4-6-10-23/h4-12,21-22H,13-20H2,1-3H3. The first-order valence-corrected chi connectivity index (χ1v) is 14.0. The Bertz CT molecular complexity index is 1300. The minimum atomic E-state index is -0.541. The molecule has 2 aliphatic rings. The summed E-state index contributed by atoms with van der Waals surface area (Å²) < 4.78 is 7.40. The van der Waals surface area contributed by atoms with E-state index in [1.54, 1.807) is 11.1 Å². The average molecular weight is 550 g/mol. The molecule has 0 spiro atoms. The van der Waals surface area contributed by atoms with Crippen molar-refractivity contribution in [2.45, 2.75) is 45.1 Å². The van der Waals surface area contributed by atoms with Gasteiger partial charge in [-0.25, -0.2) is 9.48 Å².